The summed E-state index contributed by atoms with van der Waals surface area (Å²) in [5.41, 5.74) is 12.0. The normalized spacial score (nSPS) is 25.4. The molecule has 298 valence electrons. The number of hydrogen-bond donors (Lipinski definition) is 6. The first-order valence-corrected chi connectivity index (χ1v) is 20.4. The predicted molar refractivity (Wildman–Crippen MR) is 219 cm³/mol. The minimum atomic E-state index is -1.79. The Morgan fingerprint density at radius 1 is 1.04 bits per heavy atom. The Balaban J connectivity index is 1.46. The molecule has 1 aliphatic heterocycles. The molecule has 8 unspecified atom stereocenters. The number of nitrogens with one attached hydrogen (secondary N) is 2. The zero-order chi connectivity index (χ0) is 39.9. The van der Waals surface area contributed by atoms with Gasteiger partial charge in [-0.15, -0.1) is 0 Å². The van der Waals surface area contributed by atoms with Crippen LogP contribution in [0, 0.1) is 41.4 Å². The number of nitrogens with two attached hydrogens (primary N) is 1. The number of allylic oxidation sites excluding steroid dienone is 2. The van der Waals surface area contributed by atoms with Crippen LogP contribution in [0.4, 0.5) is 0 Å². The number of aliphatic hydroxyl groups is 2. The Labute approximate surface area is 331 Å². The average molecular weight is 762 g/mol. The number of aryl methyl sites for hydroxylation is 1. The number of ether oxygens (including phenoxy) is 1. The Morgan fingerprint density at radius 2 is 1.82 bits per heavy atom. The number of carbonyl (C=O) groups excluding carboxylic acids is 2. The fourth-order valence-electron chi connectivity index (χ4n) is 9.28. The quantitative estimate of drug-likeness (QED) is 0.0918. The number of aromatic amines is 1. The molecule has 3 aliphatic rings. The van der Waals surface area contributed by atoms with E-state index in [0.717, 1.165) is 53.6 Å². The number of rotatable bonds is 11. The molecule has 3 aromatic rings. The fourth-order valence-corrected chi connectivity index (χ4v) is 9.28. The molecule has 2 aliphatic carbocycles. The van der Waals surface area contributed by atoms with Crippen molar-refractivity contribution in [1.82, 2.24) is 10.3 Å². The molecule has 8 atom stereocenters. The first kappa shape index (κ1) is 40.9. The van der Waals surface area contributed by atoms with Gasteiger partial charge in [0.05, 0.1) is 25.0 Å². The van der Waals surface area contributed by atoms with Gasteiger partial charge < -0.3 is 36.1 Å². The number of fused-ring (bicyclic) bond motifs is 2. The van der Waals surface area contributed by atoms with Gasteiger partial charge in [0.2, 0.25) is 0 Å². The van der Waals surface area contributed by atoms with Crippen molar-refractivity contribution in [3.05, 3.63) is 106 Å². The number of ketones is 2. The highest BCUT2D eigenvalue weighted by Gasteiger charge is 2.43. The van der Waals surface area contributed by atoms with E-state index >= 15 is 0 Å². The summed E-state index contributed by atoms with van der Waals surface area (Å²) in [6.07, 6.45) is 8.42. The van der Waals surface area contributed by atoms with Gasteiger partial charge in [0.1, 0.15) is 0 Å². The van der Waals surface area contributed by atoms with Crippen molar-refractivity contribution in [2.45, 2.75) is 103 Å². The summed E-state index contributed by atoms with van der Waals surface area (Å²) >= 11 is 0. The van der Waals surface area contributed by atoms with Crippen LogP contribution >= 0.6 is 0 Å². The smallest absolute Gasteiger partial charge is 0.173 e. The molecular weight excluding hydrogens is 703 g/mol. The maximum atomic E-state index is 14.6. The van der Waals surface area contributed by atoms with Crippen molar-refractivity contribution >= 4 is 11.6 Å². The maximum absolute atomic E-state index is 14.6. The van der Waals surface area contributed by atoms with Crippen LogP contribution in [0.5, 0.6) is 11.5 Å². The van der Waals surface area contributed by atoms with Gasteiger partial charge in [0.15, 0.2) is 29.2 Å². The number of Topliss-reactive ketones (excluding diaryl/α,β-unsaturated/α-hetero) is 2. The lowest BCUT2D eigenvalue weighted by Gasteiger charge is -2.33. The third-order valence-electron chi connectivity index (χ3n) is 12.3. The Hall–Kier alpha value is -4.78. The molecule has 2 aromatic carbocycles. The van der Waals surface area contributed by atoms with Gasteiger partial charge in [-0.3, -0.25) is 9.59 Å². The van der Waals surface area contributed by atoms with Crippen LogP contribution in [-0.4, -0.2) is 57.7 Å². The minimum Gasteiger partial charge on any atom is -0.504 e. The Morgan fingerprint density at radius 3 is 2.52 bits per heavy atom. The molecule has 0 saturated heterocycles. The molecular formula is C47H59N3O6. The number of carbonyl (C=O) groups is 2. The molecule has 9 nitrogen and oxygen atoms in total. The fraction of sp³-hybridized carbons (Fsp3) is 0.489. The highest BCUT2D eigenvalue weighted by Crippen LogP contribution is 2.45. The zero-order valence-electron chi connectivity index (χ0n) is 33.3. The van der Waals surface area contributed by atoms with Gasteiger partial charge in [0, 0.05) is 43.1 Å². The van der Waals surface area contributed by atoms with Crippen molar-refractivity contribution < 1.29 is 29.6 Å². The minimum absolute atomic E-state index is 0.0271. The van der Waals surface area contributed by atoms with Gasteiger partial charge >= 0.3 is 0 Å². The molecule has 0 radical (unpaired) electrons. The van der Waals surface area contributed by atoms with E-state index in [1.165, 1.54) is 12.7 Å². The van der Waals surface area contributed by atoms with Crippen molar-refractivity contribution in [1.29, 1.82) is 0 Å². The molecule has 7 N–H and O–H groups in total. The molecule has 0 bridgehead atoms. The van der Waals surface area contributed by atoms with E-state index in [9.17, 15) is 24.9 Å². The molecule has 6 rings (SSSR count). The molecule has 0 spiro atoms. The van der Waals surface area contributed by atoms with Crippen LogP contribution in [0.1, 0.15) is 106 Å². The number of aromatic nitrogens is 1. The zero-order valence-corrected chi connectivity index (χ0v) is 33.3. The van der Waals surface area contributed by atoms with E-state index in [0.29, 0.717) is 37.5 Å². The number of dihydropyridines is 1. The highest BCUT2D eigenvalue weighted by atomic mass is 16.5. The third-order valence-corrected chi connectivity index (χ3v) is 12.3. The van der Waals surface area contributed by atoms with Gasteiger partial charge in [-0.2, -0.15) is 0 Å². The van der Waals surface area contributed by atoms with Crippen LogP contribution in [0.15, 0.2) is 78.3 Å². The van der Waals surface area contributed by atoms with Crippen LogP contribution in [0.2, 0.25) is 0 Å². The summed E-state index contributed by atoms with van der Waals surface area (Å²) in [5, 5.41) is 37.7. The first-order valence-electron chi connectivity index (χ1n) is 20.4. The van der Waals surface area contributed by atoms with Gasteiger partial charge in [0.25, 0.3) is 0 Å². The second kappa shape index (κ2) is 18.4. The molecule has 1 fully saturated rings. The first-order chi connectivity index (χ1) is 26.9. The lowest BCUT2D eigenvalue weighted by Crippen LogP contribution is -2.40. The molecule has 9 heteroatoms. The van der Waals surface area contributed by atoms with Crippen molar-refractivity contribution in [3.8, 4) is 23.3 Å². The van der Waals surface area contributed by atoms with E-state index in [1.807, 2.05) is 42.6 Å². The van der Waals surface area contributed by atoms with Crippen LogP contribution in [-0.2, 0) is 22.4 Å². The number of benzene rings is 2. The molecule has 0 amide bonds. The maximum Gasteiger partial charge on any atom is 0.173 e. The SMILES string of the molecule is CCCC(C(O)Cc1cc(C(C)C)c[nH]1)C1CC(CC2=CCNC(N)=C2)CC2C#CC(c3ccccc3)c3cc(O)c(OC)cc3CCC(=O)C(O)C(=O)C2C1. The van der Waals surface area contributed by atoms with Crippen LogP contribution in [0.25, 0.3) is 0 Å². The summed E-state index contributed by atoms with van der Waals surface area (Å²) < 4.78 is 5.45. The molecule has 1 aromatic heterocycles. The second-order valence-corrected chi connectivity index (χ2v) is 16.5. The predicted octanol–water partition coefficient (Wildman–Crippen LogP) is 6.82. The highest BCUT2D eigenvalue weighted by molar-refractivity contribution is 6.06. The van der Waals surface area contributed by atoms with Crippen LogP contribution in [0.3, 0.4) is 0 Å². The van der Waals surface area contributed by atoms with Crippen molar-refractivity contribution in [2.75, 3.05) is 13.7 Å². The summed E-state index contributed by atoms with van der Waals surface area (Å²) in [7, 11) is 1.48. The lowest BCUT2D eigenvalue weighted by molar-refractivity contribution is -0.142. The number of H-pyrrole nitrogens is 1. The second-order valence-electron chi connectivity index (χ2n) is 16.5. The summed E-state index contributed by atoms with van der Waals surface area (Å²) in [6.45, 7) is 7.05. The van der Waals surface area contributed by atoms with E-state index in [-0.39, 0.29) is 42.1 Å². The van der Waals surface area contributed by atoms with E-state index in [4.69, 9.17) is 10.5 Å². The Kier molecular flexibility index (Phi) is 13.5. The van der Waals surface area contributed by atoms with E-state index < -0.39 is 41.5 Å². The average Bonchev–Trinajstić information content (AvgIpc) is 3.58. The topological polar surface area (TPSA) is 158 Å². The summed E-state index contributed by atoms with van der Waals surface area (Å²) in [5.74, 6) is 5.63. The van der Waals surface area contributed by atoms with Gasteiger partial charge in [-0.1, -0.05) is 75.4 Å². The number of phenols is 1. The van der Waals surface area contributed by atoms with Crippen molar-refractivity contribution in [2.24, 2.45) is 35.3 Å². The van der Waals surface area contributed by atoms with Crippen LogP contribution < -0.4 is 15.8 Å². The largest absolute Gasteiger partial charge is 0.504 e. The Bertz CT molecular complexity index is 1970. The van der Waals surface area contributed by atoms with Gasteiger partial charge in [-0.25, -0.2) is 0 Å². The standard InChI is InChI=1S/C47H59N3O6/c1-5-9-38(42(52)25-36-22-35(27-50-36)28(2)3)34-20-30(18-29-16-17-49-45(48)21-29)19-32-12-14-37(31-10-7-6-8-11-31)39-26-43(53)44(56-4)24-33(39)13-15-41(51)47(55)46(54)40(32)23-34/h6-8,10-11,16,21-22,24,26-28,30,32,34,37-38,40,42,47,49-50,52-53,55H,5,9,13,15,17-20,23,25,48H2,1-4H3. The van der Waals surface area contributed by atoms with Crippen molar-refractivity contribution in [3.63, 3.8) is 0 Å². The van der Waals surface area contributed by atoms with Gasteiger partial charge in [-0.05, 0) is 114 Å². The number of aromatic hydroxyl groups is 1. The number of methoxy groups -OCH3 is 1. The summed E-state index contributed by atoms with van der Waals surface area (Å²) in [6, 6.07) is 15.4. The van der Waals surface area contributed by atoms with E-state index in [1.54, 1.807) is 12.1 Å². The van der Waals surface area contributed by atoms with E-state index in [2.05, 4.69) is 55.1 Å². The summed E-state index contributed by atoms with van der Waals surface area (Å²) in [4.78, 5) is 31.7. The monoisotopic (exact) mass is 761 g/mol. The number of aliphatic hydroxyl groups excluding tert-OH is 2. The molecule has 56 heavy (non-hydrogen) atoms. The molecule has 2 heterocycles. The number of phenolic OH excluding ortho intramolecular Hbond substituents is 1. The third kappa shape index (κ3) is 9.59. The molecule has 1 saturated carbocycles. The number of hydrogen-bond acceptors (Lipinski definition) is 8. The lowest BCUT2D eigenvalue weighted by atomic mass is 9.73.